The van der Waals surface area contributed by atoms with Crippen LogP contribution in [0.3, 0.4) is 0 Å². The fourth-order valence-electron chi connectivity index (χ4n) is 4.02. The summed E-state index contributed by atoms with van der Waals surface area (Å²) in [7, 11) is 2.01. The molecule has 192 valence electrons. The number of hydrogen-bond acceptors (Lipinski definition) is 7. The number of aliphatic hydroxyl groups is 2. The maximum absolute atomic E-state index is 10.8. The molecule has 8 heteroatoms. The Bertz CT molecular complexity index is 1190. The largest absolute Gasteiger partial charge is 0.490 e. The molecule has 0 saturated heterocycles. The minimum Gasteiger partial charge on any atom is -0.490 e. The second-order valence-corrected chi connectivity index (χ2v) is 10.2. The molecule has 8 nitrogen and oxygen atoms in total. The molecule has 0 fully saturated rings. The molecule has 1 heterocycles. The summed E-state index contributed by atoms with van der Waals surface area (Å²) in [6.07, 6.45) is 0.925. The van der Waals surface area contributed by atoms with Crippen LogP contribution in [0.25, 0.3) is 11.3 Å². The molecule has 0 spiro atoms. The van der Waals surface area contributed by atoms with Crippen LogP contribution in [0.5, 0.6) is 5.75 Å². The summed E-state index contributed by atoms with van der Waals surface area (Å²) in [6, 6.07) is 15.2. The SMILES string of the molecule is CC(C)Oc1ccc(C(O)NN(CCO)Cc2ccc(-c3cn(C)c(C(C)(C)C)n3)cc2)cc1C#N. The summed E-state index contributed by atoms with van der Waals surface area (Å²) in [4.78, 5) is 4.82. The van der Waals surface area contributed by atoms with E-state index in [1.807, 2.05) is 51.4 Å². The Kier molecular flexibility index (Phi) is 8.88. The second kappa shape index (κ2) is 11.7. The van der Waals surface area contributed by atoms with E-state index in [1.54, 1.807) is 23.2 Å². The van der Waals surface area contributed by atoms with E-state index in [4.69, 9.17) is 9.72 Å². The van der Waals surface area contributed by atoms with Gasteiger partial charge in [-0.15, -0.1) is 0 Å². The van der Waals surface area contributed by atoms with Crippen LogP contribution in [-0.4, -0.2) is 44.0 Å². The highest BCUT2D eigenvalue weighted by atomic mass is 16.5. The van der Waals surface area contributed by atoms with E-state index in [2.05, 4.69) is 36.8 Å². The number of aryl methyl sites for hydroxylation is 1. The third-order valence-electron chi connectivity index (χ3n) is 5.65. The van der Waals surface area contributed by atoms with E-state index in [-0.39, 0.29) is 18.1 Å². The van der Waals surface area contributed by atoms with Crippen molar-refractivity contribution in [1.82, 2.24) is 20.0 Å². The highest BCUT2D eigenvalue weighted by Gasteiger charge is 2.21. The molecule has 0 radical (unpaired) electrons. The lowest BCUT2D eigenvalue weighted by molar-refractivity contribution is 0.0195. The molecule has 1 aromatic heterocycles. The van der Waals surface area contributed by atoms with Gasteiger partial charge in [-0.3, -0.25) is 0 Å². The van der Waals surface area contributed by atoms with E-state index in [9.17, 15) is 15.5 Å². The van der Waals surface area contributed by atoms with Gasteiger partial charge in [0.25, 0.3) is 0 Å². The normalized spacial score (nSPS) is 12.7. The number of hydrogen-bond donors (Lipinski definition) is 3. The van der Waals surface area contributed by atoms with Gasteiger partial charge in [0.15, 0.2) is 0 Å². The quantitative estimate of drug-likeness (QED) is 0.290. The van der Waals surface area contributed by atoms with Crippen molar-refractivity contribution in [2.45, 2.75) is 58.9 Å². The standard InChI is InChI=1S/C28H37N5O3/c1-19(2)36-25-12-11-22(15-23(25)16-29)26(35)31-33(13-14-34)17-20-7-9-21(10-8-20)24-18-32(6)27(30-24)28(3,4)5/h7-12,15,18-19,26,31,34-35H,13-14,17H2,1-6H3. The van der Waals surface area contributed by atoms with E-state index in [0.717, 1.165) is 22.6 Å². The molecule has 2 aromatic carbocycles. The summed E-state index contributed by atoms with van der Waals surface area (Å²) >= 11 is 0. The molecule has 0 saturated carbocycles. The third-order valence-corrected chi connectivity index (χ3v) is 5.65. The first-order valence-corrected chi connectivity index (χ1v) is 12.2. The Morgan fingerprint density at radius 2 is 1.86 bits per heavy atom. The minimum absolute atomic E-state index is 0.0417. The van der Waals surface area contributed by atoms with Gasteiger partial charge in [0.2, 0.25) is 0 Å². The van der Waals surface area contributed by atoms with Crippen LogP contribution in [0.4, 0.5) is 0 Å². The van der Waals surface area contributed by atoms with Crippen molar-refractivity contribution >= 4 is 0 Å². The van der Waals surface area contributed by atoms with Gasteiger partial charge in [0.1, 0.15) is 23.9 Å². The Labute approximate surface area is 213 Å². The van der Waals surface area contributed by atoms with Crippen molar-refractivity contribution in [3.8, 4) is 23.1 Å². The van der Waals surface area contributed by atoms with Crippen LogP contribution < -0.4 is 10.2 Å². The van der Waals surface area contributed by atoms with Gasteiger partial charge < -0.3 is 19.5 Å². The fourth-order valence-corrected chi connectivity index (χ4v) is 4.02. The van der Waals surface area contributed by atoms with Gasteiger partial charge in [-0.25, -0.2) is 15.4 Å². The Balaban J connectivity index is 1.71. The zero-order valence-corrected chi connectivity index (χ0v) is 22.0. The summed E-state index contributed by atoms with van der Waals surface area (Å²) in [5.41, 5.74) is 6.84. The molecule has 3 rings (SSSR count). The van der Waals surface area contributed by atoms with E-state index in [1.165, 1.54) is 0 Å². The van der Waals surface area contributed by atoms with Crippen LogP contribution >= 0.6 is 0 Å². The van der Waals surface area contributed by atoms with Gasteiger partial charge in [-0.1, -0.05) is 51.1 Å². The Morgan fingerprint density at radius 1 is 1.17 bits per heavy atom. The molecule has 0 aliphatic heterocycles. The molecule has 36 heavy (non-hydrogen) atoms. The molecule has 0 aliphatic carbocycles. The molecule has 1 atom stereocenters. The van der Waals surface area contributed by atoms with Crippen LogP contribution in [0.2, 0.25) is 0 Å². The zero-order valence-electron chi connectivity index (χ0n) is 22.0. The van der Waals surface area contributed by atoms with Crippen molar-refractivity contribution in [3.63, 3.8) is 0 Å². The van der Waals surface area contributed by atoms with Gasteiger partial charge >= 0.3 is 0 Å². The molecule has 0 bridgehead atoms. The van der Waals surface area contributed by atoms with Crippen molar-refractivity contribution in [2.75, 3.05) is 13.2 Å². The van der Waals surface area contributed by atoms with Crippen molar-refractivity contribution in [3.05, 3.63) is 71.2 Å². The smallest absolute Gasteiger partial charge is 0.143 e. The first-order valence-electron chi connectivity index (χ1n) is 12.2. The van der Waals surface area contributed by atoms with E-state index < -0.39 is 6.23 Å². The third kappa shape index (κ3) is 6.93. The number of nitrogens with one attached hydrogen (secondary N) is 1. The second-order valence-electron chi connectivity index (χ2n) is 10.2. The fraction of sp³-hybridized carbons (Fsp3) is 0.429. The number of hydrazine groups is 1. The average molecular weight is 492 g/mol. The maximum Gasteiger partial charge on any atom is 0.143 e. The molecule has 3 N–H and O–H groups in total. The molecule has 0 aliphatic rings. The topological polar surface area (TPSA) is 107 Å². The maximum atomic E-state index is 10.8. The molecule has 1 unspecified atom stereocenters. The van der Waals surface area contributed by atoms with Crippen molar-refractivity contribution in [2.24, 2.45) is 7.05 Å². The summed E-state index contributed by atoms with van der Waals surface area (Å²) in [6.45, 7) is 10.9. The first kappa shape index (κ1) is 27.4. The molecular weight excluding hydrogens is 454 g/mol. The predicted octanol–water partition coefficient (Wildman–Crippen LogP) is 4.03. The number of benzene rings is 2. The molecule has 3 aromatic rings. The highest BCUT2D eigenvalue weighted by molar-refractivity contribution is 5.59. The number of aromatic nitrogens is 2. The molecule has 0 amide bonds. The lowest BCUT2D eigenvalue weighted by Crippen LogP contribution is -2.41. The first-order chi connectivity index (χ1) is 17.0. The van der Waals surface area contributed by atoms with Gasteiger partial charge in [-0.05, 0) is 37.1 Å². The summed E-state index contributed by atoms with van der Waals surface area (Å²) < 4.78 is 7.73. The van der Waals surface area contributed by atoms with Gasteiger partial charge in [-0.2, -0.15) is 5.26 Å². The van der Waals surface area contributed by atoms with E-state index >= 15 is 0 Å². The van der Waals surface area contributed by atoms with Crippen LogP contribution in [0, 0.1) is 11.3 Å². The van der Waals surface area contributed by atoms with E-state index in [0.29, 0.717) is 30.0 Å². The number of imidazole rings is 1. The lowest BCUT2D eigenvalue weighted by Gasteiger charge is -2.26. The zero-order chi connectivity index (χ0) is 26.5. The summed E-state index contributed by atoms with van der Waals surface area (Å²) in [5.74, 6) is 1.51. The number of ether oxygens (including phenoxy) is 1. The van der Waals surface area contributed by atoms with Crippen LogP contribution in [0.15, 0.2) is 48.7 Å². The van der Waals surface area contributed by atoms with Crippen molar-refractivity contribution in [1.29, 1.82) is 5.26 Å². The average Bonchev–Trinajstić information content (AvgIpc) is 3.21. The Hall–Kier alpha value is -3.22. The van der Waals surface area contributed by atoms with Crippen molar-refractivity contribution < 1.29 is 14.9 Å². The van der Waals surface area contributed by atoms with Crippen LogP contribution in [-0.2, 0) is 19.0 Å². The number of nitriles is 1. The predicted molar refractivity (Wildman–Crippen MR) is 140 cm³/mol. The minimum atomic E-state index is -1.06. The number of rotatable bonds is 10. The number of aliphatic hydroxyl groups excluding tert-OH is 2. The monoisotopic (exact) mass is 491 g/mol. The Morgan fingerprint density at radius 3 is 2.42 bits per heavy atom. The van der Waals surface area contributed by atoms with Crippen LogP contribution in [0.1, 0.15) is 63.4 Å². The van der Waals surface area contributed by atoms with Gasteiger partial charge in [0, 0.05) is 37.3 Å². The number of nitrogens with zero attached hydrogens (tertiary/aromatic N) is 4. The highest BCUT2D eigenvalue weighted by Crippen LogP contribution is 2.26. The van der Waals surface area contributed by atoms with Gasteiger partial charge in [0.05, 0.1) is 24.0 Å². The summed E-state index contributed by atoms with van der Waals surface area (Å²) in [5, 5.41) is 31.6. The lowest BCUT2D eigenvalue weighted by atomic mass is 9.96. The molecular formula is C28H37N5O3.